The van der Waals surface area contributed by atoms with Gasteiger partial charge in [0.25, 0.3) is 0 Å². The van der Waals surface area contributed by atoms with Crippen molar-refractivity contribution in [1.29, 1.82) is 0 Å². The molecule has 102 valence electrons. The molecule has 0 spiro atoms. The van der Waals surface area contributed by atoms with Gasteiger partial charge in [0.1, 0.15) is 0 Å². The van der Waals surface area contributed by atoms with Crippen LogP contribution in [0.1, 0.15) is 15.9 Å². The quantitative estimate of drug-likeness (QED) is 0.727. The molecule has 0 atom stereocenters. The molecule has 0 saturated carbocycles. The smallest absolute Gasteiger partial charge is 0.248 e. The molecule has 0 saturated heterocycles. The van der Waals surface area contributed by atoms with Gasteiger partial charge in [-0.2, -0.15) is 0 Å². The lowest BCUT2D eigenvalue weighted by molar-refractivity contribution is 0.100. The average molecular weight is 274 g/mol. The molecule has 0 heterocycles. The van der Waals surface area contributed by atoms with Crippen LogP contribution in [0.5, 0.6) is 0 Å². The molecule has 0 bridgehead atoms. The van der Waals surface area contributed by atoms with E-state index in [0.717, 1.165) is 10.9 Å². The number of amides is 1. The third-order valence-electron chi connectivity index (χ3n) is 3.31. The molecule has 0 aliphatic carbocycles. The average Bonchev–Trinajstić information content (AvgIpc) is 2.53. The standard InChI is InChI=1S/C18H14N2O/c19-18(21)14-7-4-9-16(11-14)20-12-15-8-3-6-13-5-1-2-10-17(13)15/h1-12H,(H2,19,21). The van der Waals surface area contributed by atoms with Crippen molar-refractivity contribution in [2.75, 3.05) is 0 Å². The van der Waals surface area contributed by atoms with Gasteiger partial charge in [0.2, 0.25) is 5.91 Å². The number of nitrogens with zero attached hydrogens (tertiary/aromatic N) is 1. The summed E-state index contributed by atoms with van der Waals surface area (Å²) in [6, 6.07) is 21.2. The van der Waals surface area contributed by atoms with Gasteiger partial charge in [0, 0.05) is 17.3 Å². The van der Waals surface area contributed by atoms with Crippen LogP contribution in [0.4, 0.5) is 5.69 Å². The van der Waals surface area contributed by atoms with Crippen molar-refractivity contribution >= 4 is 28.6 Å². The highest BCUT2D eigenvalue weighted by molar-refractivity contribution is 6.00. The highest BCUT2D eigenvalue weighted by Gasteiger charge is 2.00. The molecule has 3 heteroatoms. The second kappa shape index (κ2) is 5.59. The number of hydrogen-bond acceptors (Lipinski definition) is 2. The summed E-state index contributed by atoms with van der Waals surface area (Å²) < 4.78 is 0. The molecule has 3 nitrogen and oxygen atoms in total. The topological polar surface area (TPSA) is 55.5 Å². The van der Waals surface area contributed by atoms with Gasteiger partial charge in [-0.3, -0.25) is 9.79 Å². The van der Waals surface area contributed by atoms with Gasteiger partial charge in [-0.1, -0.05) is 48.5 Å². The van der Waals surface area contributed by atoms with E-state index in [2.05, 4.69) is 23.2 Å². The zero-order valence-corrected chi connectivity index (χ0v) is 11.4. The van der Waals surface area contributed by atoms with Crippen LogP contribution in [0, 0.1) is 0 Å². The minimum atomic E-state index is -0.447. The lowest BCUT2D eigenvalue weighted by Gasteiger charge is -2.01. The van der Waals surface area contributed by atoms with E-state index in [0.29, 0.717) is 11.3 Å². The van der Waals surface area contributed by atoms with E-state index in [9.17, 15) is 4.79 Å². The Hall–Kier alpha value is -2.94. The molecule has 3 aromatic rings. The molecule has 0 fully saturated rings. The van der Waals surface area contributed by atoms with Crippen molar-refractivity contribution in [3.8, 4) is 0 Å². The first-order valence-corrected chi connectivity index (χ1v) is 6.66. The highest BCUT2D eigenvalue weighted by atomic mass is 16.1. The van der Waals surface area contributed by atoms with Gasteiger partial charge >= 0.3 is 0 Å². The first kappa shape index (κ1) is 13.1. The molecule has 0 aliphatic rings. The molecule has 0 aromatic heterocycles. The van der Waals surface area contributed by atoms with Crippen molar-refractivity contribution in [2.24, 2.45) is 10.7 Å². The maximum absolute atomic E-state index is 11.2. The number of rotatable bonds is 3. The Morgan fingerprint density at radius 3 is 2.57 bits per heavy atom. The number of carbonyl (C=O) groups is 1. The SMILES string of the molecule is NC(=O)c1cccc(N=Cc2cccc3ccccc23)c1. The van der Waals surface area contributed by atoms with Crippen molar-refractivity contribution in [2.45, 2.75) is 0 Å². The summed E-state index contributed by atoms with van der Waals surface area (Å²) in [7, 11) is 0. The first-order valence-electron chi connectivity index (χ1n) is 6.66. The van der Waals surface area contributed by atoms with E-state index in [1.165, 1.54) is 5.39 Å². The number of benzene rings is 3. The summed E-state index contributed by atoms with van der Waals surface area (Å²) in [5.74, 6) is -0.447. The van der Waals surface area contributed by atoms with Crippen LogP contribution in [0.2, 0.25) is 0 Å². The maximum atomic E-state index is 11.2. The predicted molar refractivity (Wildman–Crippen MR) is 86.2 cm³/mol. The van der Waals surface area contributed by atoms with E-state index in [1.54, 1.807) is 18.2 Å². The first-order chi connectivity index (χ1) is 10.2. The fourth-order valence-corrected chi connectivity index (χ4v) is 2.25. The molecule has 0 unspecified atom stereocenters. The second-order valence-electron chi connectivity index (χ2n) is 4.74. The lowest BCUT2D eigenvalue weighted by atomic mass is 10.1. The molecule has 21 heavy (non-hydrogen) atoms. The van der Waals surface area contributed by atoms with Crippen LogP contribution >= 0.6 is 0 Å². The summed E-state index contributed by atoms with van der Waals surface area (Å²) in [6.07, 6.45) is 1.81. The third kappa shape index (κ3) is 2.82. The van der Waals surface area contributed by atoms with Crippen molar-refractivity contribution < 1.29 is 4.79 Å². The van der Waals surface area contributed by atoms with E-state index >= 15 is 0 Å². The highest BCUT2D eigenvalue weighted by Crippen LogP contribution is 2.19. The van der Waals surface area contributed by atoms with Crippen molar-refractivity contribution in [1.82, 2.24) is 0 Å². The van der Waals surface area contributed by atoms with E-state index in [4.69, 9.17) is 5.73 Å². The lowest BCUT2D eigenvalue weighted by Crippen LogP contribution is -2.10. The Morgan fingerprint density at radius 1 is 0.952 bits per heavy atom. The Bertz CT molecular complexity index is 832. The molecule has 0 aliphatic heterocycles. The van der Waals surface area contributed by atoms with Crippen LogP contribution in [0.15, 0.2) is 71.7 Å². The third-order valence-corrected chi connectivity index (χ3v) is 3.31. The fraction of sp³-hybridized carbons (Fsp3) is 0. The van der Waals surface area contributed by atoms with Crippen LogP contribution in [-0.4, -0.2) is 12.1 Å². The number of aliphatic imine (C=N–C) groups is 1. The number of nitrogens with two attached hydrogens (primary N) is 1. The van der Waals surface area contributed by atoms with Gasteiger partial charge in [-0.15, -0.1) is 0 Å². The summed E-state index contributed by atoms with van der Waals surface area (Å²) in [5, 5.41) is 2.32. The number of carbonyl (C=O) groups excluding carboxylic acids is 1. The summed E-state index contributed by atoms with van der Waals surface area (Å²) in [5.41, 5.74) is 7.48. The van der Waals surface area contributed by atoms with Crippen LogP contribution in [-0.2, 0) is 0 Å². The minimum absolute atomic E-state index is 0.447. The normalized spacial score (nSPS) is 11.0. The summed E-state index contributed by atoms with van der Waals surface area (Å²) in [4.78, 5) is 15.6. The van der Waals surface area contributed by atoms with Crippen LogP contribution < -0.4 is 5.73 Å². The molecule has 1 amide bonds. The number of hydrogen-bond donors (Lipinski definition) is 1. The Balaban J connectivity index is 1.98. The Morgan fingerprint density at radius 2 is 1.71 bits per heavy atom. The fourth-order valence-electron chi connectivity index (χ4n) is 2.25. The molecule has 2 N–H and O–H groups in total. The van der Waals surface area contributed by atoms with Gasteiger partial charge in [0.15, 0.2) is 0 Å². The van der Waals surface area contributed by atoms with E-state index in [1.807, 2.05) is 36.5 Å². The zero-order valence-electron chi connectivity index (χ0n) is 11.4. The maximum Gasteiger partial charge on any atom is 0.248 e. The van der Waals surface area contributed by atoms with E-state index < -0.39 is 5.91 Å². The minimum Gasteiger partial charge on any atom is -0.366 e. The van der Waals surface area contributed by atoms with Crippen LogP contribution in [0.3, 0.4) is 0 Å². The Kier molecular flexibility index (Phi) is 3.48. The van der Waals surface area contributed by atoms with Crippen molar-refractivity contribution in [3.63, 3.8) is 0 Å². The molecule has 3 aromatic carbocycles. The molecule has 0 radical (unpaired) electrons. The van der Waals surface area contributed by atoms with Gasteiger partial charge in [-0.25, -0.2) is 0 Å². The number of fused-ring (bicyclic) bond motifs is 1. The second-order valence-corrected chi connectivity index (χ2v) is 4.74. The van der Waals surface area contributed by atoms with Crippen LogP contribution in [0.25, 0.3) is 10.8 Å². The molecular weight excluding hydrogens is 260 g/mol. The Labute approximate surface area is 122 Å². The zero-order chi connectivity index (χ0) is 14.7. The van der Waals surface area contributed by atoms with Gasteiger partial charge in [-0.05, 0) is 29.0 Å². The van der Waals surface area contributed by atoms with Gasteiger partial charge in [0.05, 0.1) is 5.69 Å². The number of primary amides is 1. The van der Waals surface area contributed by atoms with E-state index in [-0.39, 0.29) is 0 Å². The molecule has 3 rings (SSSR count). The predicted octanol–water partition coefficient (Wildman–Crippen LogP) is 3.69. The van der Waals surface area contributed by atoms with Crippen molar-refractivity contribution in [3.05, 3.63) is 77.9 Å². The molecular formula is C18H14N2O. The van der Waals surface area contributed by atoms with Gasteiger partial charge < -0.3 is 5.73 Å². The monoisotopic (exact) mass is 274 g/mol. The summed E-state index contributed by atoms with van der Waals surface area (Å²) >= 11 is 0. The largest absolute Gasteiger partial charge is 0.366 e. The summed E-state index contributed by atoms with van der Waals surface area (Å²) in [6.45, 7) is 0.